The zero-order valence-electron chi connectivity index (χ0n) is 8.63. The summed E-state index contributed by atoms with van der Waals surface area (Å²) in [7, 11) is 0. The summed E-state index contributed by atoms with van der Waals surface area (Å²) >= 11 is 5.91. The molecule has 1 saturated heterocycles. The number of hydrogen-bond donors (Lipinski definition) is 1. The fraction of sp³-hybridized carbons (Fsp3) is 0.417. The first-order valence-corrected chi connectivity index (χ1v) is 5.68. The van der Waals surface area contributed by atoms with Crippen molar-refractivity contribution in [2.75, 3.05) is 13.1 Å². The first kappa shape index (κ1) is 9.37. The molecule has 1 N–H and O–H groups in total. The molecule has 15 heavy (non-hydrogen) atoms. The van der Waals surface area contributed by atoms with Crippen LogP contribution in [-0.2, 0) is 0 Å². The minimum atomic E-state index is 0.611. The van der Waals surface area contributed by atoms with Crippen LogP contribution in [0.3, 0.4) is 0 Å². The van der Waals surface area contributed by atoms with Gasteiger partial charge in [-0.05, 0) is 35.6 Å². The molecule has 0 amide bonds. The summed E-state index contributed by atoms with van der Waals surface area (Å²) in [5, 5.41) is 4.02. The largest absolute Gasteiger partial charge is 0.315 e. The fourth-order valence-corrected chi connectivity index (χ4v) is 2.58. The maximum Gasteiger partial charge on any atom is 0.131 e. The average Bonchev–Trinajstić information content (AvgIpc) is 2.54. The lowest BCUT2D eigenvalue weighted by Gasteiger charge is -2.29. The highest BCUT2D eigenvalue weighted by Crippen LogP contribution is 2.42. The van der Waals surface area contributed by atoms with E-state index in [0.717, 1.165) is 24.6 Å². The molecule has 1 aliphatic heterocycles. The predicted molar refractivity (Wildman–Crippen MR) is 61.8 cm³/mol. The molecular weight excluding hydrogens is 208 g/mol. The molecule has 2 aliphatic rings. The van der Waals surface area contributed by atoms with E-state index in [1.807, 2.05) is 13.1 Å². The van der Waals surface area contributed by atoms with Crippen molar-refractivity contribution >= 4 is 17.2 Å². The Hall–Kier alpha value is -0.860. The molecule has 3 heteroatoms. The molecule has 1 aromatic rings. The van der Waals surface area contributed by atoms with Gasteiger partial charge in [-0.1, -0.05) is 17.7 Å². The van der Waals surface area contributed by atoms with E-state index in [0.29, 0.717) is 11.1 Å². The summed E-state index contributed by atoms with van der Waals surface area (Å²) in [6, 6.07) is 2.13. The Morgan fingerprint density at radius 1 is 1.47 bits per heavy atom. The number of aryl methyl sites for hydroxylation is 1. The molecule has 0 aromatic carbocycles. The Bertz CT molecular complexity index is 439. The molecule has 3 rings (SSSR count). The lowest BCUT2D eigenvalue weighted by Crippen LogP contribution is -2.22. The van der Waals surface area contributed by atoms with Crippen molar-refractivity contribution in [3.05, 3.63) is 34.6 Å². The van der Waals surface area contributed by atoms with Gasteiger partial charge < -0.3 is 5.32 Å². The molecule has 0 bridgehead atoms. The summed E-state index contributed by atoms with van der Waals surface area (Å²) in [6.07, 6.45) is 4.24. The van der Waals surface area contributed by atoms with Gasteiger partial charge >= 0.3 is 0 Å². The first-order valence-electron chi connectivity index (χ1n) is 5.30. The molecule has 2 nitrogen and oxygen atoms in total. The topological polar surface area (TPSA) is 24.9 Å². The molecule has 2 atom stereocenters. The Balaban J connectivity index is 1.94. The third-order valence-electron chi connectivity index (χ3n) is 3.40. The van der Waals surface area contributed by atoms with Gasteiger partial charge in [0.25, 0.3) is 0 Å². The van der Waals surface area contributed by atoms with E-state index in [4.69, 9.17) is 11.6 Å². The molecule has 0 unspecified atom stereocenters. The molecular formula is C12H13ClN2. The third-order valence-corrected chi connectivity index (χ3v) is 3.80. The SMILES string of the molecule is Cc1cc(C2=C[C@@H]3CNC[C@H]23)cnc1Cl. The van der Waals surface area contributed by atoms with Crippen LogP contribution in [0, 0.1) is 18.8 Å². The van der Waals surface area contributed by atoms with E-state index in [2.05, 4.69) is 22.4 Å². The summed E-state index contributed by atoms with van der Waals surface area (Å²) in [5.74, 6) is 1.45. The van der Waals surface area contributed by atoms with Crippen molar-refractivity contribution in [1.82, 2.24) is 10.3 Å². The normalized spacial score (nSPS) is 28.3. The minimum absolute atomic E-state index is 0.611. The fourth-order valence-electron chi connectivity index (χ4n) is 2.48. The second kappa shape index (κ2) is 3.32. The lowest BCUT2D eigenvalue weighted by atomic mass is 9.74. The average molecular weight is 221 g/mol. The van der Waals surface area contributed by atoms with Gasteiger partial charge in [-0.3, -0.25) is 0 Å². The summed E-state index contributed by atoms with van der Waals surface area (Å²) in [6.45, 7) is 4.24. The highest BCUT2D eigenvalue weighted by molar-refractivity contribution is 6.30. The van der Waals surface area contributed by atoms with Crippen LogP contribution < -0.4 is 5.32 Å². The van der Waals surface area contributed by atoms with Gasteiger partial charge in [0, 0.05) is 25.2 Å². The van der Waals surface area contributed by atoms with E-state index in [1.54, 1.807) is 0 Å². The molecule has 0 saturated carbocycles. The summed E-state index contributed by atoms with van der Waals surface area (Å²) in [5.41, 5.74) is 3.74. The number of aromatic nitrogens is 1. The Morgan fingerprint density at radius 2 is 2.33 bits per heavy atom. The number of nitrogens with one attached hydrogen (secondary N) is 1. The first-order chi connectivity index (χ1) is 7.25. The van der Waals surface area contributed by atoms with Gasteiger partial charge in [0.2, 0.25) is 0 Å². The van der Waals surface area contributed by atoms with Crippen molar-refractivity contribution in [3.63, 3.8) is 0 Å². The monoisotopic (exact) mass is 220 g/mol. The molecule has 0 spiro atoms. The number of rotatable bonds is 1. The molecule has 1 aliphatic carbocycles. The van der Waals surface area contributed by atoms with E-state index in [1.165, 1.54) is 11.1 Å². The highest BCUT2D eigenvalue weighted by atomic mass is 35.5. The van der Waals surface area contributed by atoms with Crippen LogP contribution in [0.5, 0.6) is 0 Å². The van der Waals surface area contributed by atoms with Gasteiger partial charge in [0.1, 0.15) is 5.15 Å². The zero-order valence-corrected chi connectivity index (χ0v) is 9.38. The molecule has 78 valence electrons. The highest BCUT2D eigenvalue weighted by Gasteiger charge is 2.36. The van der Waals surface area contributed by atoms with Crippen LogP contribution in [-0.4, -0.2) is 18.1 Å². The van der Waals surface area contributed by atoms with Gasteiger partial charge in [-0.25, -0.2) is 4.98 Å². The zero-order chi connectivity index (χ0) is 10.4. The minimum Gasteiger partial charge on any atom is -0.315 e. The number of pyridine rings is 1. The van der Waals surface area contributed by atoms with Crippen LogP contribution in [0.1, 0.15) is 11.1 Å². The van der Waals surface area contributed by atoms with Gasteiger partial charge in [-0.15, -0.1) is 0 Å². The summed E-state index contributed by atoms with van der Waals surface area (Å²) in [4.78, 5) is 4.20. The number of hydrogen-bond acceptors (Lipinski definition) is 2. The number of halogens is 1. The molecule has 0 radical (unpaired) electrons. The van der Waals surface area contributed by atoms with Crippen LogP contribution in [0.15, 0.2) is 18.3 Å². The van der Waals surface area contributed by atoms with Crippen LogP contribution >= 0.6 is 11.6 Å². The van der Waals surface area contributed by atoms with Gasteiger partial charge in [0.05, 0.1) is 0 Å². The van der Waals surface area contributed by atoms with E-state index >= 15 is 0 Å². The quantitative estimate of drug-likeness (QED) is 0.735. The third kappa shape index (κ3) is 1.40. The van der Waals surface area contributed by atoms with Crippen molar-refractivity contribution in [1.29, 1.82) is 0 Å². The molecule has 1 fully saturated rings. The Kier molecular flexibility index (Phi) is 2.08. The van der Waals surface area contributed by atoms with E-state index in [-0.39, 0.29) is 0 Å². The van der Waals surface area contributed by atoms with Crippen molar-refractivity contribution in [3.8, 4) is 0 Å². The number of fused-ring (bicyclic) bond motifs is 1. The van der Waals surface area contributed by atoms with Gasteiger partial charge in [-0.2, -0.15) is 0 Å². The van der Waals surface area contributed by atoms with E-state index < -0.39 is 0 Å². The Morgan fingerprint density at radius 3 is 3.07 bits per heavy atom. The number of nitrogens with zero attached hydrogens (tertiary/aromatic N) is 1. The second-order valence-corrected chi connectivity index (χ2v) is 4.74. The Labute approximate surface area is 94.4 Å². The van der Waals surface area contributed by atoms with Gasteiger partial charge in [0.15, 0.2) is 0 Å². The smallest absolute Gasteiger partial charge is 0.131 e. The predicted octanol–water partition coefficient (Wildman–Crippen LogP) is 2.28. The molecule has 1 aromatic heterocycles. The standard InChI is InChI=1S/C12H13ClN2/c1-7-2-8(5-15-12(7)13)10-3-9-4-14-6-11(9)10/h2-3,5,9,11,14H,4,6H2,1H3/t9-,11+/m1/s1. The van der Waals surface area contributed by atoms with Crippen molar-refractivity contribution in [2.24, 2.45) is 11.8 Å². The van der Waals surface area contributed by atoms with E-state index in [9.17, 15) is 0 Å². The second-order valence-electron chi connectivity index (χ2n) is 4.38. The van der Waals surface area contributed by atoms with Crippen LogP contribution in [0.4, 0.5) is 0 Å². The maximum absolute atomic E-state index is 5.91. The molecule has 2 heterocycles. The van der Waals surface area contributed by atoms with Crippen molar-refractivity contribution < 1.29 is 0 Å². The van der Waals surface area contributed by atoms with Crippen LogP contribution in [0.2, 0.25) is 5.15 Å². The maximum atomic E-state index is 5.91. The lowest BCUT2D eigenvalue weighted by molar-refractivity contribution is 0.564. The van der Waals surface area contributed by atoms with Crippen molar-refractivity contribution in [2.45, 2.75) is 6.92 Å². The van der Waals surface area contributed by atoms with Crippen LogP contribution in [0.25, 0.3) is 5.57 Å². The summed E-state index contributed by atoms with van der Waals surface area (Å²) < 4.78 is 0.